The molecule has 1 N–H and O–H groups in total. The minimum Gasteiger partial charge on any atom is -0.377 e. The van der Waals surface area contributed by atoms with E-state index < -0.39 is 0 Å². The number of hydrogen-bond donors (Lipinski definition) is 1. The summed E-state index contributed by atoms with van der Waals surface area (Å²) in [5, 5.41) is 4.75. The normalized spacial score (nSPS) is 12.3. The number of aromatic nitrogens is 1. The summed E-state index contributed by atoms with van der Waals surface area (Å²) >= 11 is 0. The third kappa shape index (κ3) is 2.89. The maximum absolute atomic E-state index is 4.67. The van der Waals surface area contributed by atoms with Crippen LogP contribution in [0.3, 0.4) is 0 Å². The lowest BCUT2D eigenvalue weighted by atomic mass is 10.1. The Bertz CT molecular complexity index is 760. The molecular formula is C19H20N2. The van der Waals surface area contributed by atoms with Crippen LogP contribution in [-0.4, -0.2) is 4.98 Å². The average molecular weight is 276 g/mol. The summed E-state index contributed by atoms with van der Waals surface area (Å²) in [7, 11) is 0. The van der Waals surface area contributed by atoms with E-state index in [9.17, 15) is 0 Å². The van der Waals surface area contributed by atoms with Crippen molar-refractivity contribution in [2.75, 3.05) is 5.32 Å². The quantitative estimate of drug-likeness (QED) is 0.726. The zero-order chi connectivity index (χ0) is 14.8. The first-order valence-corrected chi connectivity index (χ1v) is 7.33. The molecule has 0 amide bonds. The lowest BCUT2D eigenvalue weighted by molar-refractivity contribution is 0.885. The van der Waals surface area contributed by atoms with Gasteiger partial charge in [0.05, 0.1) is 11.2 Å². The third-order valence-electron chi connectivity index (χ3n) is 3.81. The zero-order valence-electron chi connectivity index (χ0n) is 12.7. The molecule has 0 saturated heterocycles. The predicted octanol–water partition coefficient (Wildman–Crippen LogP) is 5.02. The van der Waals surface area contributed by atoms with E-state index in [1.807, 2.05) is 6.92 Å². The van der Waals surface area contributed by atoms with Crippen molar-refractivity contribution < 1.29 is 0 Å². The Balaban J connectivity index is 1.94. The number of benzene rings is 2. The van der Waals surface area contributed by atoms with Crippen molar-refractivity contribution in [2.24, 2.45) is 0 Å². The molecule has 0 aliphatic heterocycles. The van der Waals surface area contributed by atoms with Crippen molar-refractivity contribution in [3.8, 4) is 0 Å². The van der Waals surface area contributed by atoms with E-state index in [-0.39, 0.29) is 6.04 Å². The summed E-state index contributed by atoms with van der Waals surface area (Å²) in [4.78, 5) is 4.67. The maximum atomic E-state index is 4.67. The van der Waals surface area contributed by atoms with E-state index in [1.54, 1.807) is 0 Å². The van der Waals surface area contributed by atoms with Gasteiger partial charge in [-0.05, 0) is 38.5 Å². The topological polar surface area (TPSA) is 24.9 Å². The molecule has 1 atom stereocenters. The smallest absolute Gasteiger partial charge is 0.0936 e. The van der Waals surface area contributed by atoms with E-state index in [4.69, 9.17) is 0 Å². The molecule has 2 aromatic carbocycles. The molecule has 0 radical (unpaired) electrons. The molecule has 0 aliphatic carbocycles. The highest BCUT2D eigenvalue weighted by Crippen LogP contribution is 2.26. The molecular weight excluding hydrogens is 256 g/mol. The number of nitrogens with zero attached hydrogens (tertiary/aromatic N) is 1. The zero-order valence-corrected chi connectivity index (χ0v) is 12.7. The third-order valence-corrected chi connectivity index (χ3v) is 3.81. The second-order valence-electron chi connectivity index (χ2n) is 5.61. The maximum Gasteiger partial charge on any atom is 0.0936 e. The van der Waals surface area contributed by atoms with Crippen LogP contribution in [0.2, 0.25) is 0 Å². The van der Waals surface area contributed by atoms with Crippen molar-refractivity contribution in [3.05, 3.63) is 71.4 Å². The Morgan fingerprint density at radius 2 is 1.67 bits per heavy atom. The second-order valence-corrected chi connectivity index (χ2v) is 5.61. The van der Waals surface area contributed by atoms with E-state index in [0.29, 0.717) is 0 Å². The molecule has 1 aromatic heterocycles. The molecule has 3 rings (SSSR count). The number of nitrogens with one attached hydrogen (secondary N) is 1. The fourth-order valence-corrected chi connectivity index (χ4v) is 2.53. The molecule has 1 unspecified atom stereocenters. The molecule has 1 heterocycles. The van der Waals surface area contributed by atoms with Crippen LogP contribution in [0.5, 0.6) is 0 Å². The standard InChI is InChI=1S/C19H20N2/c1-13-7-10-16(11-8-13)15(3)21-18-6-4-5-17-12-9-14(2)20-19(17)18/h4-12,15,21H,1-3H3. The molecule has 21 heavy (non-hydrogen) atoms. The highest BCUT2D eigenvalue weighted by Gasteiger charge is 2.08. The van der Waals surface area contributed by atoms with Crippen molar-refractivity contribution in [1.29, 1.82) is 0 Å². The van der Waals surface area contributed by atoms with Gasteiger partial charge in [-0.3, -0.25) is 4.98 Å². The number of hydrogen-bond acceptors (Lipinski definition) is 2. The Hall–Kier alpha value is -2.35. The molecule has 0 aliphatic rings. The highest BCUT2D eigenvalue weighted by molar-refractivity contribution is 5.90. The predicted molar refractivity (Wildman–Crippen MR) is 89.7 cm³/mol. The minimum atomic E-state index is 0.249. The number of para-hydroxylation sites is 1. The van der Waals surface area contributed by atoms with Crippen LogP contribution in [-0.2, 0) is 0 Å². The molecule has 106 valence electrons. The van der Waals surface area contributed by atoms with E-state index in [1.165, 1.54) is 16.5 Å². The Labute approximate surface area is 125 Å². The average Bonchev–Trinajstić information content (AvgIpc) is 2.48. The number of aryl methyl sites for hydroxylation is 2. The van der Waals surface area contributed by atoms with Crippen LogP contribution < -0.4 is 5.32 Å². The monoisotopic (exact) mass is 276 g/mol. The van der Waals surface area contributed by atoms with Crippen LogP contribution >= 0.6 is 0 Å². The first kappa shape index (κ1) is 13.6. The second kappa shape index (κ2) is 5.57. The van der Waals surface area contributed by atoms with Gasteiger partial charge in [0.25, 0.3) is 0 Å². The van der Waals surface area contributed by atoms with Crippen molar-refractivity contribution in [1.82, 2.24) is 4.98 Å². The van der Waals surface area contributed by atoms with Gasteiger partial charge in [0, 0.05) is 17.1 Å². The molecule has 2 heteroatoms. The molecule has 0 fully saturated rings. The number of fused-ring (bicyclic) bond motifs is 1. The number of rotatable bonds is 3. The fraction of sp³-hybridized carbons (Fsp3) is 0.211. The molecule has 0 bridgehead atoms. The SMILES string of the molecule is Cc1ccc(C(C)Nc2cccc3ccc(C)nc23)cc1. The van der Waals surface area contributed by atoms with Gasteiger partial charge in [-0.25, -0.2) is 0 Å². The van der Waals surface area contributed by atoms with E-state index in [0.717, 1.165) is 16.9 Å². The van der Waals surface area contributed by atoms with Crippen molar-refractivity contribution in [3.63, 3.8) is 0 Å². The summed E-state index contributed by atoms with van der Waals surface area (Å²) < 4.78 is 0. The van der Waals surface area contributed by atoms with Crippen molar-refractivity contribution in [2.45, 2.75) is 26.8 Å². The molecule has 0 spiro atoms. The number of pyridine rings is 1. The van der Waals surface area contributed by atoms with Crippen LogP contribution in [0.4, 0.5) is 5.69 Å². The Morgan fingerprint density at radius 1 is 0.905 bits per heavy atom. The summed E-state index contributed by atoms with van der Waals surface area (Å²) in [6.45, 7) is 6.32. The van der Waals surface area contributed by atoms with Gasteiger partial charge in [0.1, 0.15) is 0 Å². The van der Waals surface area contributed by atoms with Gasteiger partial charge >= 0.3 is 0 Å². The lowest BCUT2D eigenvalue weighted by Crippen LogP contribution is -2.07. The van der Waals surface area contributed by atoms with Gasteiger partial charge in [-0.1, -0.05) is 48.0 Å². The van der Waals surface area contributed by atoms with Gasteiger partial charge < -0.3 is 5.32 Å². The summed E-state index contributed by atoms with van der Waals surface area (Å²) in [6.07, 6.45) is 0. The van der Waals surface area contributed by atoms with E-state index in [2.05, 4.69) is 78.7 Å². The fourth-order valence-electron chi connectivity index (χ4n) is 2.53. The molecule has 2 nitrogen and oxygen atoms in total. The summed E-state index contributed by atoms with van der Waals surface area (Å²) in [5.74, 6) is 0. The minimum absolute atomic E-state index is 0.249. The Kier molecular flexibility index (Phi) is 3.61. The highest BCUT2D eigenvalue weighted by atomic mass is 14.9. The van der Waals surface area contributed by atoms with Gasteiger partial charge in [0.2, 0.25) is 0 Å². The summed E-state index contributed by atoms with van der Waals surface area (Å²) in [5.41, 5.74) is 5.74. The largest absolute Gasteiger partial charge is 0.377 e. The van der Waals surface area contributed by atoms with Crippen LogP contribution in [0.1, 0.15) is 29.8 Å². The lowest BCUT2D eigenvalue weighted by Gasteiger charge is -2.17. The van der Waals surface area contributed by atoms with E-state index >= 15 is 0 Å². The van der Waals surface area contributed by atoms with Gasteiger partial charge in [-0.2, -0.15) is 0 Å². The molecule has 0 saturated carbocycles. The van der Waals surface area contributed by atoms with Crippen molar-refractivity contribution >= 4 is 16.6 Å². The summed E-state index contributed by atoms with van der Waals surface area (Å²) in [6, 6.07) is 19.4. The number of anilines is 1. The van der Waals surface area contributed by atoms with Crippen LogP contribution in [0.25, 0.3) is 10.9 Å². The van der Waals surface area contributed by atoms with Crippen LogP contribution in [0, 0.1) is 13.8 Å². The van der Waals surface area contributed by atoms with Crippen LogP contribution in [0.15, 0.2) is 54.6 Å². The van der Waals surface area contributed by atoms with Gasteiger partial charge in [-0.15, -0.1) is 0 Å². The Morgan fingerprint density at radius 3 is 2.43 bits per heavy atom. The first-order chi connectivity index (χ1) is 10.1. The molecule has 3 aromatic rings. The van der Waals surface area contributed by atoms with Gasteiger partial charge in [0.15, 0.2) is 0 Å². The first-order valence-electron chi connectivity index (χ1n) is 7.33.